The number of nitrogens with zero attached hydrogens (tertiary/aromatic N) is 1. The van der Waals surface area contributed by atoms with Gasteiger partial charge in [-0.25, -0.2) is 4.90 Å². The number of allylic oxidation sites excluding steroid dienone is 2. The van der Waals surface area contributed by atoms with Crippen molar-refractivity contribution >= 4 is 52.3 Å². The predicted octanol–water partition coefficient (Wildman–Crippen LogP) is 4.35. The third-order valence-corrected chi connectivity index (χ3v) is 6.54. The molecular formula is C16H12Cl3NO2. The second-order valence-electron chi connectivity index (χ2n) is 6.35. The molecule has 2 bridgehead atoms. The molecule has 114 valence electrons. The first kappa shape index (κ1) is 14.6. The molecule has 1 heterocycles. The number of imide groups is 1. The maximum atomic E-state index is 13.0. The van der Waals surface area contributed by atoms with Crippen LogP contribution in [0.3, 0.4) is 0 Å². The van der Waals surface area contributed by atoms with Gasteiger partial charge in [0, 0.05) is 0 Å². The lowest BCUT2D eigenvalue weighted by atomic mass is 9.71. The van der Waals surface area contributed by atoms with E-state index in [1.165, 1.54) is 17.0 Å². The maximum Gasteiger partial charge on any atom is 0.241 e. The van der Waals surface area contributed by atoms with Gasteiger partial charge in [-0.2, -0.15) is 0 Å². The van der Waals surface area contributed by atoms with Gasteiger partial charge in [-0.15, -0.1) is 0 Å². The van der Waals surface area contributed by atoms with Crippen LogP contribution in [-0.2, 0) is 9.59 Å². The highest BCUT2D eigenvalue weighted by Crippen LogP contribution is 2.61. The number of amides is 2. The highest BCUT2D eigenvalue weighted by molar-refractivity contribution is 6.48. The first-order valence-electron chi connectivity index (χ1n) is 7.07. The average molecular weight is 357 g/mol. The van der Waals surface area contributed by atoms with Crippen LogP contribution in [0.15, 0.2) is 24.3 Å². The first-order valence-corrected chi connectivity index (χ1v) is 8.20. The molecule has 3 nitrogen and oxygen atoms in total. The number of hydrogen-bond acceptors (Lipinski definition) is 2. The number of fused-ring (bicyclic) bond motifs is 5. The van der Waals surface area contributed by atoms with E-state index in [-0.39, 0.29) is 44.6 Å². The van der Waals surface area contributed by atoms with Crippen LogP contribution in [-0.4, -0.2) is 11.8 Å². The summed E-state index contributed by atoms with van der Waals surface area (Å²) in [5.41, 5.74) is -0.265. The van der Waals surface area contributed by atoms with Gasteiger partial charge in [-0.05, 0) is 37.3 Å². The Morgan fingerprint density at radius 2 is 1.77 bits per heavy atom. The summed E-state index contributed by atoms with van der Waals surface area (Å²) >= 11 is 18.0. The van der Waals surface area contributed by atoms with Crippen LogP contribution in [0.4, 0.5) is 5.69 Å². The highest BCUT2D eigenvalue weighted by atomic mass is 35.5. The number of halogens is 3. The quantitative estimate of drug-likeness (QED) is 0.426. The summed E-state index contributed by atoms with van der Waals surface area (Å²) in [5, 5.41) is 0.681. The SMILES string of the molecule is C[C@]12C(=O)N(c3cc(Cl)c(Cl)c(Cl)c3)C(=O)[C@H]1[C@H]1C=C[C@H]2C1. The summed E-state index contributed by atoms with van der Waals surface area (Å²) in [6.07, 6.45) is 5.01. The van der Waals surface area contributed by atoms with E-state index in [4.69, 9.17) is 34.8 Å². The zero-order valence-electron chi connectivity index (χ0n) is 11.6. The number of carbonyl (C=O) groups is 2. The molecule has 0 N–H and O–H groups in total. The van der Waals surface area contributed by atoms with Crippen LogP contribution in [0.1, 0.15) is 13.3 Å². The number of benzene rings is 1. The molecule has 0 unspecified atom stereocenters. The zero-order valence-corrected chi connectivity index (χ0v) is 13.9. The van der Waals surface area contributed by atoms with E-state index in [0.717, 1.165) is 6.42 Å². The summed E-state index contributed by atoms with van der Waals surface area (Å²) in [6, 6.07) is 3.04. The van der Waals surface area contributed by atoms with Crippen molar-refractivity contribution in [1.29, 1.82) is 0 Å². The van der Waals surface area contributed by atoms with Crippen molar-refractivity contribution < 1.29 is 9.59 Å². The van der Waals surface area contributed by atoms with Crippen molar-refractivity contribution in [3.05, 3.63) is 39.4 Å². The van der Waals surface area contributed by atoms with Gasteiger partial charge in [-0.1, -0.05) is 47.0 Å². The fourth-order valence-electron chi connectivity index (χ4n) is 4.22. The molecule has 2 amide bonds. The largest absolute Gasteiger partial charge is 0.274 e. The fraction of sp³-hybridized carbons (Fsp3) is 0.375. The van der Waals surface area contributed by atoms with Crippen molar-refractivity contribution in [3.8, 4) is 0 Å². The molecule has 2 aliphatic carbocycles. The molecule has 1 saturated heterocycles. The standard InChI is InChI=1S/C16H12Cl3NO2/c1-16-8-3-2-7(4-8)12(16)14(21)20(15(16)22)9-5-10(17)13(19)11(18)6-9/h2-3,5-8,12H,4H2,1H3/t7-,8-,12+,16+/m0/s1. The minimum atomic E-state index is -0.658. The van der Waals surface area contributed by atoms with E-state index in [1.807, 2.05) is 6.92 Å². The molecule has 3 aliphatic rings. The molecular weight excluding hydrogens is 345 g/mol. The molecule has 2 fully saturated rings. The van der Waals surface area contributed by atoms with Crippen LogP contribution in [0, 0.1) is 23.2 Å². The third kappa shape index (κ3) is 1.60. The van der Waals surface area contributed by atoms with E-state index in [0.29, 0.717) is 5.69 Å². The molecule has 4 rings (SSSR count). The molecule has 1 saturated carbocycles. The Morgan fingerprint density at radius 1 is 1.14 bits per heavy atom. The summed E-state index contributed by atoms with van der Waals surface area (Å²) < 4.78 is 0. The van der Waals surface area contributed by atoms with Crippen LogP contribution >= 0.6 is 34.8 Å². The van der Waals surface area contributed by atoms with Gasteiger partial charge in [0.15, 0.2) is 0 Å². The summed E-state index contributed by atoms with van der Waals surface area (Å²) in [7, 11) is 0. The predicted molar refractivity (Wildman–Crippen MR) is 86.3 cm³/mol. The van der Waals surface area contributed by atoms with Crippen molar-refractivity contribution in [3.63, 3.8) is 0 Å². The van der Waals surface area contributed by atoms with Gasteiger partial charge in [0.1, 0.15) is 0 Å². The van der Waals surface area contributed by atoms with Crippen molar-refractivity contribution in [1.82, 2.24) is 0 Å². The molecule has 0 aromatic heterocycles. The minimum absolute atomic E-state index is 0.127. The zero-order chi connectivity index (χ0) is 15.8. The fourth-order valence-corrected chi connectivity index (χ4v) is 4.81. The van der Waals surface area contributed by atoms with Crippen LogP contribution in [0.2, 0.25) is 15.1 Å². The highest BCUT2D eigenvalue weighted by Gasteiger charge is 2.67. The molecule has 0 radical (unpaired) electrons. The maximum absolute atomic E-state index is 13.0. The van der Waals surface area contributed by atoms with E-state index < -0.39 is 5.41 Å². The van der Waals surface area contributed by atoms with E-state index in [1.54, 1.807) is 0 Å². The third-order valence-electron chi connectivity index (χ3n) is 5.34. The normalized spacial score (nSPS) is 35.6. The number of hydrogen-bond donors (Lipinski definition) is 0. The summed E-state index contributed by atoms with van der Waals surface area (Å²) in [6.45, 7) is 1.89. The van der Waals surface area contributed by atoms with E-state index in [2.05, 4.69) is 12.2 Å². The van der Waals surface area contributed by atoms with Crippen molar-refractivity contribution in [2.75, 3.05) is 4.90 Å². The lowest BCUT2D eigenvalue weighted by molar-refractivity contribution is -0.127. The average Bonchev–Trinajstić information content (AvgIpc) is 3.09. The summed E-state index contributed by atoms with van der Waals surface area (Å²) in [5.74, 6) is -0.354. The van der Waals surface area contributed by atoms with Gasteiger partial charge in [-0.3, -0.25) is 9.59 Å². The van der Waals surface area contributed by atoms with Crippen LogP contribution in [0.25, 0.3) is 0 Å². The number of anilines is 1. The van der Waals surface area contributed by atoms with Gasteiger partial charge in [0.2, 0.25) is 11.8 Å². The van der Waals surface area contributed by atoms with E-state index >= 15 is 0 Å². The smallest absolute Gasteiger partial charge is 0.241 e. The Balaban J connectivity index is 1.83. The Bertz CT molecular complexity index is 737. The van der Waals surface area contributed by atoms with Gasteiger partial charge < -0.3 is 0 Å². The molecule has 22 heavy (non-hydrogen) atoms. The molecule has 1 aliphatic heterocycles. The molecule has 4 atom stereocenters. The second-order valence-corrected chi connectivity index (χ2v) is 7.55. The topological polar surface area (TPSA) is 37.4 Å². The van der Waals surface area contributed by atoms with Crippen molar-refractivity contribution in [2.45, 2.75) is 13.3 Å². The Labute approximate surface area is 142 Å². The lowest BCUT2D eigenvalue weighted by Gasteiger charge is -2.28. The van der Waals surface area contributed by atoms with E-state index in [9.17, 15) is 9.59 Å². The first-order chi connectivity index (χ1) is 10.4. The Hall–Kier alpha value is -1.03. The molecule has 1 aromatic carbocycles. The summed E-state index contributed by atoms with van der Waals surface area (Å²) in [4.78, 5) is 27.0. The van der Waals surface area contributed by atoms with Gasteiger partial charge in [0.25, 0.3) is 0 Å². The second kappa shape index (κ2) is 4.50. The number of carbonyl (C=O) groups excluding carboxylic acids is 2. The monoisotopic (exact) mass is 355 g/mol. The van der Waals surface area contributed by atoms with Crippen LogP contribution in [0.5, 0.6) is 0 Å². The van der Waals surface area contributed by atoms with Gasteiger partial charge in [0.05, 0.1) is 32.1 Å². The Kier molecular flexibility index (Phi) is 2.98. The lowest BCUT2D eigenvalue weighted by Crippen LogP contribution is -2.37. The molecule has 6 heteroatoms. The van der Waals surface area contributed by atoms with Crippen LogP contribution < -0.4 is 4.90 Å². The van der Waals surface area contributed by atoms with Crippen molar-refractivity contribution in [2.24, 2.45) is 23.2 Å². The number of rotatable bonds is 1. The Morgan fingerprint density at radius 3 is 2.36 bits per heavy atom. The van der Waals surface area contributed by atoms with Gasteiger partial charge >= 0.3 is 0 Å². The molecule has 1 aromatic rings. The minimum Gasteiger partial charge on any atom is -0.274 e. The molecule has 0 spiro atoms.